The van der Waals surface area contributed by atoms with E-state index in [1.165, 1.54) is 21.6 Å². The van der Waals surface area contributed by atoms with Gasteiger partial charge in [0, 0.05) is 33.3 Å². The number of hydrogen-bond donors (Lipinski definition) is 3. The minimum absolute atomic E-state index is 0.0128. The molecule has 2 heterocycles. The fourth-order valence-corrected chi connectivity index (χ4v) is 11.0. The maximum Gasteiger partial charge on any atom is 0.274 e. The second-order valence-electron chi connectivity index (χ2n) is 14.1. The van der Waals surface area contributed by atoms with Crippen molar-refractivity contribution in [2.24, 2.45) is 0 Å². The molecule has 5 aromatic rings. The number of allylic oxidation sites excluding steroid dienone is 1. The maximum absolute atomic E-state index is 13.7. The number of aromatic nitrogens is 3. The average molecular weight is 733 g/mol. The van der Waals surface area contributed by atoms with E-state index in [0.717, 1.165) is 21.4 Å². The highest BCUT2D eigenvalue weighted by atomic mass is 28.4. The van der Waals surface area contributed by atoms with Crippen LogP contribution in [0.4, 0.5) is 5.69 Å². The number of nitrogens with zero attached hydrogens (tertiary/aromatic N) is 3. The summed E-state index contributed by atoms with van der Waals surface area (Å²) in [6, 6.07) is 30.1. The smallest absolute Gasteiger partial charge is 0.274 e. The van der Waals surface area contributed by atoms with E-state index in [0.29, 0.717) is 12.2 Å². The Morgan fingerprint density at radius 2 is 1.57 bits per heavy atom. The summed E-state index contributed by atoms with van der Waals surface area (Å²) in [6.07, 6.45) is 5.28. The number of H-pyrrole nitrogens is 1. The van der Waals surface area contributed by atoms with Crippen LogP contribution in [0, 0.1) is 0 Å². The lowest BCUT2D eigenvalue weighted by Crippen LogP contribution is -2.66. The summed E-state index contributed by atoms with van der Waals surface area (Å²) in [6.45, 7) is 6.82. The standard InChI is InChI=1S/C41H48N6O5Si/c1-41(2,3)53(30-17-8-6-9-18-30,31-19-10-7-11-20-31)52-28-26-37(48)44-34(23-14-15-25-38(49)46(4)5)39(50)45-35-24-16-27-47(40(35)51)29-36-42-32-21-12-13-22-33(32)43-36/h6-13,15-22,24-25,27,34H,14,23,26,28-29H2,1-5H3,(H,42,43)(H,44,48)(H,45,50)/b25-15+/t34-/m0/s1. The van der Waals surface area contributed by atoms with Crippen LogP contribution >= 0.6 is 0 Å². The third kappa shape index (κ3) is 9.45. The molecule has 3 aromatic carbocycles. The third-order valence-corrected chi connectivity index (χ3v) is 14.1. The molecule has 11 nitrogen and oxygen atoms in total. The van der Waals surface area contributed by atoms with Crippen molar-refractivity contribution in [3.63, 3.8) is 0 Å². The Hall–Kier alpha value is -5.59. The molecule has 0 fully saturated rings. The van der Waals surface area contributed by atoms with Gasteiger partial charge in [0.1, 0.15) is 17.6 Å². The highest BCUT2D eigenvalue weighted by Gasteiger charge is 2.50. The number of nitrogens with one attached hydrogen (secondary N) is 3. The number of para-hydroxylation sites is 2. The Balaban J connectivity index is 1.31. The zero-order valence-electron chi connectivity index (χ0n) is 31.0. The molecule has 1 atom stereocenters. The van der Waals surface area contributed by atoms with E-state index in [9.17, 15) is 19.2 Å². The molecule has 5 rings (SSSR count). The van der Waals surface area contributed by atoms with Crippen LogP contribution in [0.25, 0.3) is 11.0 Å². The van der Waals surface area contributed by atoms with E-state index in [2.05, 4.69) is 65.6 Å². The van der Waals surface area contributed by atoms with Crippen LogP contribution in [0.1, 0.15) is 45.9 Å². The van der Waals surface area contributed by atoms with Crippen LogP contribution in [0.15, 0.2) is 120 Å². The summed E-state index contributed by atoms with van der Waals surface area (Å²) in [5, 5.41) is 7.55. The molecule has 276 valence electrons. The highest BCUT2D eigenvalue weighted by molar-refractivity contribution is 6.99. The monoisotopic (exact) mass is 732 g/mol. The fourth-order valence-electron chi connectivity index (χ4n) is 6.41. The van der Waals surface area contributed by atoms with Gasteiger partial charge in [0.15, 0.2) is 0 Å². The Bertz CT molecular complexity index is 2030. The molecular formula is C41H48N6O5Si. The van der Waals surface area contributed by atoms with E-state index in [-0.39, 0.29) is 48.5 Å². The molecule has 0 saturated heterocycles. The van der Waals surface area contributed by atoms with Gasteiger partial charge in [-0.25, -0.2) is 4.98 Å². The lowest BCUT2D eigenvalue weighted by atomic mass is 10.1. The summed E-state index contributed by atoms with van der Waals surface area (Å²) in [5.41, 5.74) is 1.30. The van der Waals surface area contributed by atoms with Gasteiger partial charge in [0.2, 0.25) is 17.7 Å². The van der Waals surface area contributed by atoms with Crippen LogP contribution in [0.3, 0.4) is 0 Å². The average Bonchev–Trinajstić information content (AvgIpc) is 3.55. The first-order valence-corrected chi connectivity index (χ1v) is 19.7. The molecule has 0 aliphatic heterocycles. The molecule has 0 aliphatic carbocycles. The number of carbonyl (C=O) groups excluding carboxylic acids is 3. The van der Waals surface area contributed by atoms with E-state index < -0.39 is 25.8 Å². The molecule has 12 heteroatoms. The predicted octanol–water partition coefficient (Wildman–Crippen LogP) is 4.59. The van der Waals surface area contributed by atoms with Crippen molar-refractivity contribution < 1.29 is 18.8 Å². The van der Waals surface area contributed by atoms with Gasteiger partial charge in [-0.1, -0.05) is 99.6 Å². The van der Waals surface area contributed by atoms with Crippen LogP contribution in [-0.4, -0.2) is 72.2 Å². The largest absolute Gasteiger partial charge is 0.407 e. The molecule has 2 aromatic heterocycles. The van der Waals surface area contributed by atoms with Crippen molar-refractivity contribution in [2.45, 2.75) is 57.7 Å². The Morgan fingerprint density at radius 1 is 0.925 bits per heavy atom. The van der Waals surface area contributed by atoms with E-state index in [1.807, 2.05) is 60.7 Å². The highest BCUT2D eigenvalue weighted by Crippen LogP contribution is 2.36. The Kier molecular flexibility index (Phi) is 12.6. The van der Waals surface area contributed by atoms with E-state index in [4.69, 9.17) is 4.43 Å². The van der Waals surface area contributed by atoms with Gasteiger partial charge in [-0.05, 0) is 58.6 Å². The number of carbonyl (C=O) groups is 3. The summed E-state index contributed by atoms with van der Waals surface area (Å²) in [5.74, 6) is -0.505. The number of aromatic amines is 1. The van der Waals surface area contributed by atoms with Gasteiger partial charge in [-0.15, -0.1) is 0 Å². The number of pyridine rings is 1. The number of fused-ring (bicyclic) bond motifs is 1. The van der Waals surface area contributed by atoms with E-state index >= 15 is 0 Å². The van der Waals surface area contributed by atoms with Crippen molar-refractivity contribution in [1.82, 2.24) is 24.8 Å². The molecule has 3 amide bonds. The fraction of sp³-hybridized carbons (Fsp3) is 0.293. The lowest BCUT2D eigenvalue weighted by molar-refractivity contribution is -0.127. The molecule has 0 unspecified atom stereocenters. The number of hydrogen-bond acceptors (Lipinski definition) is 6. The Labute approximate surface area is 311 Å². The molecular weight excluding hydrogens is 685 g/mol. The minimum Gasteiger partial charge on any atom is -0.407 e. The zero-order chi connectivity index (χ0) is 38.0. The first kappa shape index (κ1) is 38.6. The third-order valence-electron chi connectivity index (χ3n) is 9.08. The SMILES string of the molecule is CN(C)C(=O)/C=C/CC[C@H](NC(=O)CCO[Si](c1ccccc1)(c1ccccc1)C(C)(C)C)C(=O)Nc1cccn(Cc2nc3ccccc3[nH]2)c1=O. The van der Waals surface area contributed by atoms with Gasteiger partial charge in [-0.3, -0.25) is 19.2 Å². The number of rotatable bonds is 15. The predicted molar refractivity (Wildman–Crippen MR) is 212 cm³/mol. The second-order valence-corrected chi connectivity index (χ2v) is 18.4. The minimum atomic E-state index is -2.87. The summed E-state index contributed by atoms with van der Waals surface area (Å²) < 4.78 is 8.35. The van der Waals surface area contributed by atoms with Crippen molar-refractivity contribution in [2.75, 3.05) is 26.0 Å². The molecule has 0 saturated carbocycles. The van der Waals surface area contributed by atoms with Crippen molar-refractivity contribution >= 4 is 53.1 Å². The molecule has 53 heavy (non-hydrogen) atoms. The Morgan fingerprint density at radius 3 is 2.19 bits per heavy atom. The number of benzene rings is 3. The topological polar surface area (TPSA) is 138 Å². The van der Waals surface area contributed by atoms with Crippen molar-refractivity contribution in [1.29, 1.82) is 0 Å². The van der Waals surface area contributed by atoms with Gasteiger partial charge in [0.05, 0.1) is 17.6 Å². The van der Waals surface area contributed by atoms with Gasteiger partial charge >= 0.3 is 0 Å². The lowest BCUT2D eigenvalue weighted by Gasteiger charge is -2.43. The normalized spacial score (nSPS) is 12.5. The number of anilines is 1. The van der Waals surface area contributed by atoms with Gasteiger partial charge in [-0.2, -0.15) is 0 Å². The molecule has 3 N–H and O–H groups in total. The van der Waals surface area contributed by atoms with Gasteiger partial charge in [0.25, 0.3) is 13.9 Å². The van der Waals surface area contributed by atoms with Crippen LogP contribution in [0.5, 0.6) is 0 Å². The number of imidazole rings is 1. The van der Waals surface area contributed by atoms with Crippen LogP contribution in [0.2, 0.25) is 5.04 Å². The maximum atomic E-state index is 13.7. The van der Waals surface area contributed by atoms with Gasteiger partial charge < -0.3 is 29.5 Å². The van der Waals surface area contributed by atoms with E-state index in [1.54, 1.807) is 32.4 Å². The number of likely N-dealkylation sites (N-methyl/N-ethyl adjacent to an activating group) is 1. The summed E-state index contributed by atoms with van der Waals surface area (Å²) in [4.78, 5) is 62.1. The zero-order valence-corrected chi connectivity index (χ0v) is 32.0. The molecule has 0 radical (unpaired) electrons. The van der Waals surface area contributed by atoms with Crippen LogP contribution in [-0.2, 0) is 25.4 Å². The second kappa shape index (κ2) is 17.3. The van der Waals surface area contributed by atoms with Crippen LogP contribution < -0.4 is 26.6 Å². The molecule has 0 aliphatic rings. The van der Waals surface area contributed by atoms with Crippen molar-refractivity contribution in [3.8, 4) is 0 Å². The summed E-state index contributed by atoms with van der Waals surface area (Å²) >= 11 is 0. The summed E-state index contributed by atoms with van der Waals surface area (Å²) in [7, 11) is 0.430. The van der Waals surface area contributed by atoms with Crippen molar-refractivity contribution in [3.05, 3.63) is 132 Å². The first-order valence-electron chi connectivity index (χ1n) is 17.7. The first-order chi connectivity index (χ1) is 25.4. The molecule has 0 spiro atoms. The molecule has 0 bridgehead atoms. The quantitative estimate of drug-likeness (QED) is 0.106. The number of amides is 3.